The van der Waals surface area contributed by atoms with E-state index in [-0.39, 0.29) is 21.0 Å². The van der Waals surface area contributed by atoms with Crippen molar-refractivity contribution in [2.45, 2.75) is 43.6 Å². The number of ether oxygens (including phenoxy) is 1. The molecular formula is C16H20FN3O4S2. The number of amides is 1. The molecule has 1 aromatic heterocycles. The minimum absolute atomic E-state index is 0.0138. The summed E-state index contributed by atoms with van der Waals surface area (Å²) in [6, 6.07) is 5.78. The van der Waals surface area contributed by atoms with Gasteiger partial charge < -0.3 is 4.74 Å². The number of aromatic nitrogens is 2. The molecule has 0 aliphatic rings. The van der Waals surface area contributed by atoms with Crippen LogP contribution >= 0.6 is 11.3 Å². The summed E-state index contributed by atoms with van der Waals surface area (Å²) >= 11 is 0.784. The van der Waals surface area contributed by atoms with Gasteiger partial charge in [-0.1, -0.05) is 43.7 Å². The van der Waals surface area contributed by atoms with Crippen LogP contribution in [0.3, 0.4) is 0 Å². The highest BCUT2D eigenvalue weighted by molar-refractivity contribution is 7.93. The van der Waals surface area contributed by atoms with E-state index >= 15 is 0 Å². The lowest BCUT2D eigenvalue weighted by Crippen LogP contribution is -2.32. The molecule has 1 N–H and O–H groups in total. The number of anilines is 1. The van der Waals surface area contributed by atoms with Gasteiger partial charge in [-0.15, -0.1) is 10.2 Å². The molecule has 26 heavy (non-hydrogen) atoms. The highest BCUT2D eigenvalue weighted by Crippen LogP contribution is 2.23. The molecule has 0 saturated carbocycles. The second-order valence-electron chi connectivity index (χ2n) is 5.48. The fraction of sp³-hybridized carbons (Fsp3) is 0.438. The van der Waals surface area contributed by atoms with E-state index in [0.717, 1.165) is 17.8 Å². The first-order valence-electron chi connectivity index (χ1n) is 8.15. The molecule has 142 valence electrons. The van der Waals surface area contributed by atoms with Crippen LogP contribution in [0.2, 0.25) is 0 Å². The third-order valence-electron chi connectivity index (χ3n) is 3.44. The van der Waals surface area contributed by atoms with E-state index in [0.29, 0.717) is 12.8 Å². The molecule has 0 saturated heterocycles. The fourth-order valence-corrected chi connectivity index (χ4v) is 4.49. The first kappa shape index (κ1) is 20.2. The molecule has 0 unspecified atom stereocenters. The Morgan fingerprint density at radius 2 is 2.04 bits per heavy atom. The Morgan fingerprint density at radius 3 is 2.69 bits per heavy atom. The summed E-state index contributed by atoms with van der Waals surface area (Å²) < 4.78 is 43.1. The lowest BCUT2D eigenvalue weighted by atomic mass is 10.2. The van der Waals surface area contributed by atoms with E-state index < -0.39 is 27.7 Å². The minimum atomic E-state index is -3.50. The van der Waals surface area contributed by atoms with Crippen molar-refractivity contribution in [1.82, 2.24) is 10.2 Å². The lowest BCUT2D eigenvalue weighted by molar-refractivity contribution is -0.122. The standard InChI is InChI=1S/C16H20FN3O4S2/c1-3-5-10-26(22,23)16-20-19-15(25-16)18-14(21)12(4-2)24-13-9-7-6-8-11(13)17/h6-9,12H,3-5,10H2,1-2H3,(H,18,19,21)/t12-/m1/s1. The molecule has 0 aliphatic carbocycles. The third-order valence-corrected chi connectivity index (χ3v) is 6.52. The Balaban J connectivity index is 2.05. The van der Waals surface area contributed by atoms with Crippen molar-refractivity contribution >= 4 is 32.2 Å². The molecule has 7 nitrogen and oxygen atoms in total. The van der Waals surface area contributed by atoms with Gasteiger partial charge in [-0.3, -0.25) is 10.1 Å². The number of unbranched alkanes of at least 4 members (excludes halogenated alkanes) is 1. The summed E-state index contributed by atoms with van der Waals surface area (Å²) in [5, 5.41) is 9.87. The van der Waals surface area contributed by atoms with E-state index in [2.05, 4.69) is 15.5 Å². The number of carbonyl (C=O) groups excluding carboxylic acids is 1. The number of hydrogen-bond acceptors (Lipinski definition) is 7. The van der Waals surface area contributed by atoms with Crippen molar-refractivity contribution in [2.24, 2.45) is 0 Å². The molecule has 1 heterocycles. The highest BCUT2D eigenvalue weighted by Gasteiger charge is 2.24. The summed E-state index contributed by atoms with van der Waals surface area (Å²) in [5.74, 6) is -1.17. The first-order valence-corrected chi connectivity index (χ1v) is 10.6. The zero-order valence-corrected chi connectivity index (χ0v) is 16.1. The van der Waals surface area contributed by atoms with Crippen molar-refractivity contribution in [3.8, 4) is 5.75 Å². The molecule has 0 radical (unpaired) electrons. The summed E-state index contributed by atoms with van der Waals surface area (Å²) in [6.45, 7) is 3.60. The molecule has 1 amide bonds. The number of carbonyl (C=O) groups is 1. The quantitative estimate of drug-likeness (QED) is 0.649. The molecule has 2 aromatic rings. The number of rotatable bonds is 9. The lowest BCUT2D eigenvalue weighted by Gasteiger charge is -2.16. The van der Waals surface area contributed by atoms with Crippen LogP contribution in [0.25, 0.3) is 0 Å². The third kappa shape index (κ3) is 5.21. The first-order chi connectivity index (χ1) is 12.4. The van der Waals surface area contributed by atoms with Crippen LogP contribution in [0, 0.1) is 5.82 Å². The molecule has 0 spiro atoms. The van der Waals surface area contributed by atoms with Gasteiger partial charge in [0.15, 0.2) is 17.7 Å². The Morgan fingerprint density at radius 1 is 1.31 bits per heavy atom. The summed E-state index contributed by atoms with van der Waals surface area (Å²) in [4.78, 5) is 12.3. The number of nitrogens with zero attached hydrogens (tertiary/aromatic N) is 2. The SMILES string of the molecule is CCCCS(=O)(=O)c1nnc(NC(=O)[C@@H](CC)Oc2ccccc2F)s1. The maximum absolute atomic E-state index is 13.7. The number of nitrogens with one attached hydrogen (secondary N) is 1. The number of benzene rings is 1. The largest absolute Gasteiger partial charge is 0.478 e. The average molecular weight is 401 g/mol. The van der Waals surface area contributed by atoms with E-state index in [9.17, 15) is 17.6 Å². The molecular weight excluding hydrogens is 381 g/mol. The van der Waals surface area contributed by atoms with Crippen molar-refractivity contribution < 1.29 is 22.3 Å². The number of sulfone groups is 1. The molecule has 1 aromatic carbocycles. The average Bonchev–Trinajstić information content (AvgIpc) is 3.08. The zero-order chi connectivity index (χ0) is 19.2. The Labute approximate surface area is 155 Å². The molecule has 1 atom stereocenters. The van der Waals surface area contributed by atoms with Gasteiger partial charge in [-0.25, -0.2) is 12.8 Å². The van der Waals surface area contributed by atoms with Gasteiger partial charge in [0.05, 0.1) is 5.75 Å². The Kier molecular flexibility index (Phi) is 7.04. The van der Waals surface area contributed by atoms with Crippen molar-refractivity contribution in [3.63, 3.8) is 0 Å². The molecule has 0 bridgehead atoms. The molecule has 10 heteroatoms. The van der Waals surface area contributed by atoms with Crippen molar-refractivity contribution in [2.75, 3.05) is 11.1 Å². The summed E-state index contributed by atoms with van der Waals surface area (Å²) in [6.07, 6.45) is 0.613. The van der Waals surface area contributed by atoms with Gasteiger partial charge in [0.2, 0.25) is 19.3 Å². The molecule has 2 rings (SSSR count). The van der Waals surface area contributed by atoms with E-state index in [1.165, 1.54) is 18.2 Å². The van der Waals surface area contributed by atoms with Gasteiger partial charge in [-0.05, 0) is 25.0 Å². The van der Waals surface area contributed by atoms with Crippen LogP contribution in [0.5, 0.6) is 5.75 Å². The zero-order valence-electron chi connectivity index (χ0n) is 14.4. The second kappa shape index (κ2) is 9.04. The normalized spacial score (nSPS) is 12.6. The maximum atomic E-state index is 13.7. The minimum Gasteiger partial charge on any atom is -0.478 e. The topological polar surface area (TPSA) is 98.3 Å². The van der Waals surface area contributed by atoms with Crippen LogP contribution in [-0.2, 0) is 14.6 Å². The van der Waals surface area contributed by atoms with Crippen LogP contribution in [-0.4, -0.2) is 36.4 Å². The number of hydrogen-bond donors (Lipinski definition) is 1. The monoisotopic (exact) mass is 401 g/mol. The maximum Gasteiger partial charge on any atom is 0.267 e. The fourth-order valence-electron chi connectivity index (χ4n) is 2.01. The van der Waals surface area contributed by atoms with Gasteiger partial charge in [0, 0.05) is 0 Å². The molecule has 0 fully saturated rings. The van der Waals surface area contributed by atoms with Crippen molar-refractivity contribution in [1.29, 1.82) is 0 Å². The Bertz CT molecular complexity index is 855. The summed E-state index contributed by atoms with van der Waals surface area (Å²) in [5.41, 5.74) is 0. The van der Waals surface area contributed by atoms with E-state index in [4.69, 9.17) is 4.74 Å². The molecule has 0 aliphatic heterocycles. The van der Waals surface area contributed by atoms with Crippen LogP contribution < -0.4 is 10.1 Å². The predicted octanol–water partition coefficient (Wildman–Crippen LogP) is 3.05. The van der Waals surface area contributed by atoms with E-state index in [1.54, 1.807) is 13.0 Å². The predicted molar refractivity (Wildman–Crippen MR) is 96.6 cm³/mol. The van der Waals surface area contributed by atoms with Gasteiger partial charge in [0.25, 0.3) is 5.91 Å². The van der Waals surface area contributed by atoms with Crippen LogP contribution in [0.15, 0.2) is 28.6 Å². The smallest absolute Gasteiger partial charge is 0.267 e. The number of halogens is 1. The Hall–Kier alpha value is -2.07. The van der Waals surface area contributed by atoms with Crippen LogP contribution in [0.1, 0.15) is 33.1 Å². The van der Waals surface area contributed by atoms with E-state index in [1.807, 2.05) is 6.92 Å². The number of para-hydroxylation sites is 1. The van der Waals surface area contributed by atoms with Crippen molar-refractivity contribution in [3.05, 3.63) is 30.1 Å². The van der Waals surface area contributed by atoms with Gasteiger partial charge in [0.1, 0.15) is 0 Å². The van der Waals surface area contributed by atoms with Crippen LogP contribution in [0.4, 0.5) is 9.52 Å². The van der Waals surface area contributed by atoms with Gasteiger partial charge >= 0.3 is 0 Å². The second-order valence-corrected chi connectivity index (χ2v) is 8.74. The van der Waals surface area contributed by atoms with Gasteiger partial charge in [-0.2, -0.15) is 0 Å². The summed E-state index contributed by atoms with van der Waals surface area (Å²) in [7, 11) is -3.50. The highest BCUT2D eigenvalue weighted by atomic mass is 32.2.